The molecule has 0 saturated heterocycles. The summed E-state index contributed by atoms with van der Waals surface area (Å²) in [7, 11) is 0. The number of ether oxygens (including phenoxy) is 2. The molecule has 0 bridgehead atoms. The van der Waals surface area contributed by atoms with Gasteiger partial charge in [0.1, 0.15) is 5.75 Å². The van der Waals surface area contributed by atoms with E-state index < -0.39 is 12.6 Å². The summed E-state index contributed by atoms with van der Waals surface area (Å²) < 4.78 is 10.5. The number of esters is 1. The summed E-state index contributed by atoms with van der Waals surface area (Å²) in [6.07, 6.45) is 4.71. The molecule has 0 unspecified atom stereocenters. The summed E-state index contributed by atoms with van der Waals surface area (Å²) in [5.41, 5.74) is 1.64. The second-order valence-electron chi connectivity index (χ2n) is 5.93. The van der Waals surface area contributed by atoms with E-state index in [1.807, 2.05) is 37.4 Å². The molecule has 2 aromatic carbocycles. The van der Waals surface area contributed by atoms with Crippen molar-refractivity contribution in [2.24, 2.45) is 0 Å². The number of Topliss-reactive ketones (excluding diaryl/α,β-unsaturated/α-hetero) is 1. The van der Waals surface area contributed by atoms with Crippen molar-refractivity contribution in [1.29, 1.82) is 0 Å². The van der Waals surface area contributed by atoms with Crippen LogP contribution in [-0.2, 0) is 14.3 Å². The van der Waals surface area contributed by atoms with Crippen LogP contribution in [0, 0.1) is 0 Å². The van der Waals surface area contributed by atoms with Crippen molar-refractivity contribution in [3.8, 4) is 5.75 Å². The smallest absolute Gasteiger partial charge is 0.331 e. The van der Waals surface area contributed by atoms with Gasteiger partial charge in [0.05, 0.1) is 12.3 Å². The summed E-state index contributed by atoms with van der Waals surface area (Å²) in [5.74, 6) is -0.559. The number of carbonyl (C=O) groups excluding carboxylic acids is 3. The van der Waals surface area contributed by atoms with Gasteiger partial charge < -0.3 is 14.8 Å². The molecule has 2 aromatic rings. The Morgan fingerprint density at radius 2 is 1.90 bits per heavy atom. The van der Waals surface area contributed by atoms with Crippen LogP contribution in [0.3, 0.4) is 0 Å². The molecule has 0 atom stereocenters. The van der Waals surface area contributed by atoms with Gasteiger partial charge in [-0.15, -0.1) is 11.8 Å². The van der Waals surface area contributed by atoms with E-state index in [0.717, 1.165) is 10.5 Å². The quantitative estimate of drug-likeness (QED) is 0.287. The minimum Gasteiger partial charge on any atom is -0.493 e. The lowest BCUT2D eigenvalue weighted by Crippen LogP contribution is -2.14. The lowest BCUT2D eigenvalue weighted by atomic mass is 10.1. The summed E-state index contributed by atoms with van der Waals surface area (Å²) in [5, 5.41) is 2.70. The van der Waals surface area contributed by atoms with Crippen molar-refractivity contribution >= 4 is 41.2 Å². The van der Waals surface area contributed by atoms with Crippen LogP contribution in [0.1, 0.15) is 29.8 Å². The number of nitrogens with one attached hydrogen (secondary N) is 1. The largest absolute Gasteiger partial charge is 0.493 e. The summed E-state index contributed by atoms with van der Waals surface area (Å²) >= 11 is 1.45. The zero-order valence-corrected chi connectivity index (χ0v) is 17.4. The van der Waals surface area contributed by atoms with Gasteiger partial charge in [-0.1, -0.05) is 24.3 Å². The van der Waals surface area contributed by atoms with E-state index in [-0.39, 0.29) is 11.7 Å². The molecule has 0 radical (unpaired) electrons. The summed E-state index contributed by atoms with van der Waals surface area (Å²) in [4.78, 5) is 36.5. The van der Waals surface area contributed by atoms with Crippen LogP contribution in [0.15, 0.2) is 53.4 Å². The Labute approximate surface area is 174 Å². The molecule has 0 saturated carbocycles. The number of ketones is 1. The first-order chi connectivity index (χ1) is 13.9. The maximum Gasteiger partial charge on any atom is 0.331 e. The Kier molecular flexibility index (Phi) is 8.48. The highest BCUT2D eigenvalue weighted by Gasteiger charge is 2.12. The molecule has 1 N–H and O–H groups in total. The number of carbonyl (C=O) groups is 3. The number of hydrogen-bond acceptors (Lipinski definition) is 6. The fraction of sp³-hybridized carbons (Fsp3) is 0.227. The molecule has 0 spiro atoms. The van der Waals surface area contributed by atoms with Crippen LogP contribution >= 0.6 is 11.8 Å². The molecule has 0 aliphatic heterocycles. The van der Waals surface area contributed by atoms with E-state index in [1.54, 1.807) is 24.3 Å². The average molecular weight is 413 g/mol. The maximum atomic E-state index is 12.4. The second-order valence-corrected chi connectivity index (χ2v) is 6.78. The monoisotopic (exact) mass is 413 g/mol. The van der Waals surface area contributed by atoms with E-state index in [1.165, 1.54) is 24.8 Å². The van der Waals surface area contributed by atoms with Crippen LogP contribution < -0.4 is 10.1 Å². The maximum absolute atomic E-state index is 12.4. The molecule has 152 valence electrons. The molecule has 29 heavy (non-hydrogen) atoms. The first-order valence-electron chi connectivity index (χ1n) is 9.00. The van der Waals surface area contributed by atoms with Gasteiger partial charge in [0.25, 0.3) is 0 Å². The molecule has 0 heterocycles. The van der Waals surface area contributed by atoms with E-state index in [2.05, 4.69) is 5.32 Å². The first-order valence-corrected chi connectivity index (χ1v) is 10.2. The van der Waals surface area contributed by atoms with Crippen molar-refractivity contribution in [3.63, 3.8) is 0 Å². The van der Waals surface area contributed by atoms with Gasteiger partial charge in [0.2, 0.25) is 5.91 Å². The minimum absolute atomic E-state index is 0.228. The standard InChI is InChI=1S/C22H23NO5S/c1-4-27-20-8-6-5-7-16(20)10-12-22(26)28-14-19(25)17-9-11-21(29-3)18(13-17)23-15(2)24/h5-13H,4,14H2,1-3H3,(H,23,24)/b12-10+. The Balaban J connectivity index is 2.00. The summed E-state index contributed by atoms with van der Waals surface area (Å²) in [6, 6.07) is 12.3. The molecule has 7 heteroatoms. The van der Waals surface area contributed by atoms with Gasteiger partial charge in [-0.3, -0.25) is 9.59 Å². The average Bonchev–Trinajstić information content (AvgIpc) is 2.71. The fourth-order valence-electron chi connectivity index (χ4n) is 2.50. The SMILES string of the molecule is CCOc1ccccc1/C=C/C(=O)OCC(=O)c1ccc(SC)c(NC(C)=O)c1. The zero-order valence-electron chi connectivity index (χ0n) is 16.6. The van der Waals surface area contributed by atoms with Crippen LogP contribution in [0.4, 0.5) is 5.69 Å². The number of anilines is 1. The molecular weight excluding hydrogens is 390 g/mol. The predicted molar refractivity (Wildman–Crippen MR) is 114 cm³/mol. The van der Waals surface area contributed by atoms with Crippen molar-refractivity contribution in [3.05, 3.63) is 59.7 Å². The Bertz CT molecular complexity index is 923. The first kappa shape index (κ1) is 22.2. The topological polar surface area (TPSA) is 81.7 Å². The van der Waals surface area contributed by atoms with Gasteiger partial charge >= 0.3 is 5.97 Å². The predicted octanol–water partition coefficient (Wildman–Crippen LogP) is 4.20. The number of para-hydroxylation sites is 1. The Morgan fingerprint density at radius 1 is 1.14 bits per heavy atom. The van der Waals surface area contributed by atoms with Gasteiger partial charge in [-0.2, -0.15) is 0 Å². The lowest BCUT2D eigenvalue weighted by Gasteiger charge is -2.10. The highest BCUT2D eigenvalue weighted by molar-refractivity contribution is 7.98. The van der Waals surface area contributed by atoms with Crippen molar-refractivity contribution in [2.75, 3.05) is 24.8 Å². The summed E-state index contributed by atoms with van der Waals surface area (Å²) in [6.45, 7) is 3.40. The molecule has 6 nitrogen and oxygen atoms in total. The van der Waals surface area contributed by atoms with Crippen molar-refractivity contribution in [1.82, 2.24) is 0 Å². The van der Waals surface area contributed by atoms with Crippen LogP contribution in [-0.4, -0.2) is 37.1 Å². The third kappa shape index (κ3) is 6.80. The number of amides is 1. The number of hydrogen-bond donors (Lipinski definition) is 1. The number of rotatable bonds is 9. The molecule has 1 amide bonds. The van der Waals surface area contributed by atoms with E-state index in [4.69, 9.17) is 9.47 Å². The zero-order chi connectivity index (χ0) is 21.2. The molecular formula is C22H23NO5S. The second kappa shape index (κ2) is 11.1. The molecule has 0 aliphatic carbocycles. The third-order valence-electron chi connectivity index (χ3n) is 3.80. The lowest BCUT2D eigenvalue weighted by molar-refractivity contribution is -0.136. The van der Waals surface area contributed by atoms with Gasteiger partial charge in [0.15, 0.2) is 12.4 Å². The van der Waals surface area contributed by atoms with Crippen molar-refractivity contribution in [2.45, 2.75) is 18.7 Å². The third-order valence-corrected chi connectivity index (χ3v) is 4.59. The minimum atomic E-state index is -0.632. The van der Waals surface area contributed by atoms with Gasteiger partial charge in [0, 0.05) is 29.0 Å². The normalized spacial score (nSPS) is 10.6. The fourth-order valence-corrected chi connectivity index (χ4v) is 3.03. The van der Waals surface area contributed by atoms with Gasteiger partial charge in [-0.25, -0.2) is 4.79 Å². The highest BCUT2D eigenvalue weighted by atomic mass is 32.2. The number of benzene rings is 2. The van der Waals surface area contributed by atoms with Crippen LogP contribution in [0.25, 0.3) is 6.08 Å². The Morgan fingerprint density at radius 3 is 2.59 bits per heavy atom. The Hall–Kier alpha value is -3.06. The molecule has 0 fully saturated rings. The highest BCUT2D eigenvalue weighted by Crippen LogP contribution is 2.26. The van der Waals surface area contributed by atoms with E-state index in [0.29, 0.717) is 23.6 Å². The van der Waals surface area contributed by atoms with Crippen LogP contribution in [0.5, 0.6) is 5.75 Å². The van der Waals surface area contributed by atoms with E-state index >= 15 is 0 Å². The number of thioether (sulfide) groups is 1. The van der Waals surface area contributed by atoms with Gasteiger partial charge in [-0.05, 0) is 37.5 Å². The molecule has 0 aromatic heterocycles. The molecule has 2 rings (SSSR count). The van der Waals surface area contributed by atoms with Crippen molar-refractivity contribution < 1.29 is 23.9 Å². The van der Waals surface area contributed by atoms with E-state index in [9.17, 15) is 14.4 Å². The molecule has 0 aliphatic rings. The van der Waals surface area contributed by atoms with Crippen LogP contribution in [0.2, 0.25) is 0 Å².